The maximum Gasteiger partial charge on any atom is 0.194 e. The lowest BCUT2D eigenvalue weighted by atomic mass is 10.0. The van der Waals surface area contributed by atoms with Gasteiger partial charge in [0.05, 0.1) is 66.2 Å². The van der Waals surface area contributed by atoms with E-state index in [2.05, 4.69) is 0 Å². The lowest BCUT2D eigenvalue weighted by molar-refractivity contribution is 0.104. The topological polar surface area (TPSA) is 141 Å². The van der Waals surface area contributed by atoms with Crippen molar-refractivity contribution in [3.05, 3.63) is 143 Å². The molecular weight excluding hydrogens is 713 g/mol. The van der Waals surface area contributed by atoms with Gasteiger partial charge in [0.1, 0.15) is 11.5 Å². The molecule has 0 spiro atoms. The number of aliphatic hydroxyl groups excluding tert-OH is 4. The van der Waals surface area contributed by atoms with Gasteiger partial charge in [0.25, 0.3) is 0 Å². The summed E-state index contributed by atoms with van der Waals surface area (Å²) in [6, 6.07) is 33.6. The fourth-order valence-corrected chi connectivity index (χ4v) is 7.30. The normalized spacial score (nSPS) is 11.5. The van der Waals surface area contributed by atoms with Gasteiger partial charge in [0, 0.05) is 57.1 Å². The third-order valence-electron chi connectivity index (χ3n) is 10.1. The van der Waals surface area contributed by atoms with Gasteiger partial charge in [-0.3, -0.25) is 4.79 Å². The third-order valence-corrected chi connectivity index (χ3v) is 10.1. The second kappa shape index (κ2) is 16.2. The Balaban J connectivity index is 1.34. The summed E-state index contributed by atoms with van der Waals surface area (Å²) in [5.74, 6) is 1.80. The van der Waals surface area contributed by atoms with Gasteiger partial charge >= 0.3 is 0 Å². The van der Waals surface area contributed by atoms with E-state index in [0.717, 1.165) is 28.1 Å². The smallest absolute Gasteiger partial charge is 0.194 e. The average Bonchev–Trinajstić information content (AvgIpc) is 3.53. The molecule has 0 unspecified atom stereocenters. The minimum atomic E-state index is -0.324. The molecule has 0 bridgehead atoms. The number of benzene rings is 6. The van der Waals surface area contributed by atoms with Crippen molar-refractivity contribution >= 4 is 39.9 Å². The second-order valence-electron chi connectivity index (χ2n) is 13.1. The molecule has 7 rings (SSSR count). The molecule has 0 fully saturated rings. The van der Waals surface area contributed by atoms with Gasteiger partial charge in [-0.2, -0.15) is 0 Å². The van der Waals surface area contributed by atoms with Crippen LogP contribution in [0.15, 0.2) is 109 Å². The Morgan fingerprint density at radius 2 is 0.946 bits per heavy atom. The van der Waals surface area contributed by atoms with Crippen LogP contribution < -0.4 is 28.7 Å². The van der Waals surface area contributed by atoms with Crippen LogP contribution in [0.2, 0.25) is 0 Å². The number of rotatable bonds is 14. The van der Waals surface area contributed by atoms with Gasteiger partial charge in [0.15, 0.2) is 17.3 Å². The number of ketones is 1. The molecule has 1 aliphatic rings. The van der Waals surface area contributed by atoms with Gasteiger partial charge in [0.2, 0.25) is 0 Å². The lowest BCUT2D eigenvalue weighted by Crippen LogP contribution is -2.13. The van der Waals surface area contributed by atoms with Crippen molar-refractivity contribution in [3.8, 4) is 34.1 Å². The highest BCUT2D eigenvalue weighted by Gasteiger charge is 2.30. The van der Waals surface area contributed by atoms with Crippen LogP contribution in [0.3, 0.4) is 0 Å². The van der Waals surface area contributed by atoms with Crippen LogP contribution >= 0.6 is 0 Å². The number of ether oxygens (including phenoxy) is 4. The van der Waals surface area contributed by atoms with E-state index in [1.807, 2.05) is 107 Å². The van der Waals surface area contributed by atoms with Crippen molar-refractivity contribution in [1.82, 2.24) is 0 Å². The van der Waals surface area contributed by atoms with Crippen LogP contribution in [-0.2, 0) is 26.4 Å². The van der Waals surface area contributed by atoms with Crippen LogP contribution in [0.1, 0.15) is 38.2 Å². The zero-order valence-electron chi connectivity index (χ0n) is 31.4. The number of aliphatic hydroxyl groups is 4. The maximum absolute atomic E-state index is 14.5. The number of carbonyl (C=O) groups is 1. The number of fused-ring (bicyclic) bond motifs is 3. The first kappa shape index (κ1) is 37.9. The van der Waals surface area contributed by atoms with Crippen LogP contribution in [-0.4, -0.2) is 54.6 Å². The maximum atomic E-state index is 14.5. The standard InChI is InChI=1S/C45H42N2O9/c1-53-36-13-9-31(10-14-36)47(35-18-29(25-50)45(56-4)43(22-35)55-3)33-12-16-38-37-15-11-32(19-39(37)44(52)40(38)20-33)46(30-7-5-27(23-48)6-8-30)34-17-28(24-49)41(26-51)42(21-34)54-2/h5-22,48-51H,23-26H2,1-4H3. The van der Waals surface area contributed by atoms with Crippen molar-refractivity contribution in [1.29, 1.82) is 0 Å². The van der Waals surface area contributed by atoms with E-state index in [-0.39, 0.29) is 32.2 Å². The van der Waals surface area contributed by atoms with Gasteiger partial charge in [-0.25, -0.2) is 0 Å². The third kappa shape index (κ3) is 6.78. The highest BCUT2D eigenvalue weighted by atomic mass is 16.5. The summed E-state index contributed by atoms with van der Waals surface area (Å²) in [5, 5.41) is 40.4. The minimum absolute atomic E-state index is 0.119. The van der Waals surface area contributed by atoms with Gasteiger partial charge < -0.3 is 49.2 Å². The Bertz CT molecular complexity index is 2180. The first-order valence-electron chi connectivity index (χ1n) is 17.9. The van der Waals surface area contributed by atoms with E-state index in [9.17, 15) is 25.2 Å². The fraction of sp³-hybridized carbons (Fsp3) is 0.178. The molecule has 11 heteroatoms. The molecule has 286 valence electrons. The molecule has 0 aliphatic heterocycles. The molecule has 1 aliphatic carbocycles. The summed E-state index contributed by atoms with van der Waals surface area (Å²) in [7, 11) is 6.17. The van der Waals surface area contributed by atoms with E-state index in [1.165, 1.54) is 21.3 Å². The number of nitrogens with zero attached hydrogens (tertiary/aromatic N) is 2. The first-order chi connectivity index (χ1) is 27.3. The van der Waals surface area contributed by atoms with Crippen molar-refractivity contribution in [2.75, 3.05) is 38.2 Å². The predicted molar refractivity (Wildman–Crippen MR) is 215 cm³/mol. The van der Waals surface area contributed by atoms with Crippen LogP contribution in [0.5, 0.6) is 23.0 Å². The van der Waals surface area contributed by atoms with Gasteiger partial charge in [-0.15, -0.1) is 0 Å². The van der Waals surface area contributed by atoms with Crippen molar-refractivity contribution in [2.24, 2.45) is 0 Å². The van der Waals surface area contributed by atoms with E-state index < -0.39 is 0 Å². The Hall–Kier alpha value is -6.37. The van der Waals surface area contributed by atoms with E-state index >= 15 is 0 Å². The Morgan fingerprint density at radius 3 is 1.41 bits per heavy atom. The molecule has 56 heavy (non-hydrogen) atoms. The number of carbonyl (C=O) groups excluding carboxylic acids is 1. The van der Waals surface area contributed by atoms with Crippen molar-refractivity contribution in [3.63, 3.8) is 0 Å². The fourth-order valence-electron chi connectivity index (χ4n) is 7.30. The van der Waals surface area contributed by atoms with Crippen LogP contribution in [0, 0.1) is 0 Å². The zero-order chi connectivity index (χ0) is 39.5. The first-order valence-corrected chi connectivity index (χ1v) is 17.9. The van der Waals surface area contributed by atoms with Crippen molar-refractivity contribution in [2.45, 2.75) is 26.4 Å². The number of anilines is 6. The Labute approximate surface area is 324 Å². The average molecular weight is 755 g/mol. The van der Waals surface area contributed by atoms with E-state index in [1.54, 1.807) is 19.2 Å². The number of hydrogen-bond acceptors (Lipinski definition) is 11. The van der Waals surface area contributed by atoms with Gasteiger partial charge in [-0.05, 0) is 95.1 Å². The molecule has 0 saturated carbocycles. The van der Waals surface area contributed by atoms with Crippen molar-refractivity contribution < 1.29 is 44.2 Å². The SMILES string of the molecule is COc1ccc(N(c2cc(CO)c(OC)c(OC)c2)c2ccc3c(c2)C(=O)c2cc(N(c4ccc(CO)cc4)c4cc(CO)c(CO)c(OC)c4)ccc2-3)cc1. The molecule has 0 heterocycles. The highest BCUT2D eigenvalue weighted by molar-refractivity contribution is 6.22. The highest BCUT2D eigenvalue weighted by Crippen LogP contribution is 2.47. The Kier molecular flexibility index (Phi) is 10.9. The summed E-state index contributed by atoms with van der Waals surface area (Å²) in [6.07, 6.45) is 0. The summed E-state index contributed by atoms with van der Waals surface area (Å²) in [6.45, 7) is -1.04. The molecule has 6 aromatic rings. The molecule has 0 aromatic heterocycles. The molecule has 0 radical (unpaired) electrons. The minimum Gasteiger partial charge on any atom is -0.497 e. The molecule has 0 saturated heterocycles. The predicted octanol–water partition coefficient (Wildman–Crippen LogP) is 7.84. The van der Waals surface area contributed by atoms with E-state index in [0.29, 0.717) is 73.6 Å². The molecule has 0 amide bonds. The molecule has 4 N–H and O–H groups in total. The lowest BCUT2D eigenvalue weighted by Gasteiger charge is -2.28. The largest absolute Gasteiger partial charge is 0.497 e. The molecular formula is C45H42N2O9. The summed E-state index contributed by atoms with van der Waals surface area (Å²) >= 11 is 0. The number of hydrogen-bond donors (Lipinski definition) is 4. The molecule has 0 atom stereocenters. The zero-order valence-corrected chi connectivity index (χ0v) is 31.4. The summed E-state index contributed by atoms with van der Waals surface area (Å²) in [5.41, 5.74) is 9.04. The van der Waals surface area contributed by atoms with Crippen LogP contribution in [0.4, 0.5) is 34.1 Å². The molecule has 11 nitrogen and oxygen atoms in total. The Morgan fingerprint density at radius 1 is 0.446 bits per heavy atom. The van der Waals surface area contributed by atoms with Gasteiger partial charge in [-0.1, -0.05) is 24.3 Å². The quantitative estimate of drug-likeness (QED) is 0.0863. The molecule has 6 aromatic carbocycles. The van der Waals surface area contributed by atoms with Crippen LogP contribution in [0.25, 0.3) is 11.1 Å². The monoisotopic (exact) mass is 754 g/mol. The second-order valence-corrected chi connectivity index (χ2v) is 13.1. The summed E-state index contributed by atoms with van der Waals surface area (Å²) < 4.78 is 22.3. The van der Waals surface area contributed by atoms with E-state index in [4.69, 9.17) is 18.9 Å². The number of methoxy groups -OCH3 is 4. The summed E-state index contributed by atoms with van der Waals surface area (Å²) in [4.78, 5) is 18.4.